The van der Waals surface area contributed by atoms with Gasteiger partial charge in [0.15, 0.2) is 0 Å². The number of unbranched alkanes of at least 4 members (excludes halogenated alkanes) is 1. The van der Waals surface area contributed by atoms with Crippen molar-refractivity contribution in [1.29, 1.82) is 0 Å². The van der Waals surface area contributed by atoms with Gasteiger partial charge in [-0.15, -0.1) is 0 Å². The van der Waals surface area contributed by atoms with Crippen molar-refractivity contribution >= 4 is 22.7 Å². The molecule has 6 nitrogen and oxygen atoms in total. The average Bonchev–Trinajstić information content (AvgIpc) is 2.75. The van der Waals surface area contributed by atoms with Crippen LogP contribution in [0.15, 0.2) is 59.5 Å². The zero-order chi connectivity index (χ0) is 25.0. The van der Waals surface area contributed by atoms with Crippen molar-refractivity contribution in [3.63, 3.8) is 0 Å². The summed E-state index contributed by atoms with van der Waals surface area (Å²) in [5, 5.41) is 0. The van der Waals surface area contributed by atoms with Crippen LogP contribution in [-0.2, 0) is 36.7 Å². The Morgan fingerprint density at radius 2 is 1.68 bits per heavy atom. The Morgan fingerprint density at radius 1 is 1.00 bits per heavy atom. The minimum atomic E-state index is -1.45. The number of ether oxygens (including phenoxy) is 2. The van der Waals surface area contributed by atoms with Crippen LogP contribution in [0.3, 0.4) is 0 Å². The molecule has 0 bridgehead atoms. The van der Waals surface area contributed by atoms with Gasteiger partial charge in [-0.2, -0.15) is 0 Å². The van der Waals surface area contributed by atoms with Crippen molar-refractivity contribution in [3.8, 4) is 0 Å². The van der Waals surface area contributed by atoms with Crippen LogP contribution in [-0.4, -0.2) is 34.2 Å². The molecule has 0 aliphatic carbocycles. The zero-order valence-corrected chi connectivity index (χ0v) is 21.5. The number of benzene rings is 2. The normalized spacial score (nSPS) is 13.3. The van der Waals surface area contributed by atoms with Crippen molar-refractivity contribution in [1.82, 2.24) is 4.72 Å². The number of esters is 1. The highest BCUT2D eigenvalue weighted by molar-refractivity contribution is 7.83. The lowest BCUT2D eigenvalue weighted by molar-refractivity contribution is -0.156. The van der Waals surface area contributed by atoms with E-state index in [4.69, 9.17) is 9.47 Å². The summed E-state index contributed by atoms with van der Waals surface area (Å²) in [6, 6.07) is 17.1. The van der Waals surface area contributed by atoms with Crippen LogP contribution in [0.4, 0.5) is 0 Å². The van der Waals surface area contributed by atoms with Crippen LogP contribution >= 0.6 is 0 Å². The molecular formula is C27H37NO5S. The molecule has 0 aliphatic rings. The summed E-state index contributed by atoms with van der Waals surface area (Å²) >= 11 is 0. The maximum Gasteiger partial charge on any atom is 0.313 e. The summed E-state index contributed by atoms with van der Waals surface area (Å²) in [5.74, 6) is -0.766. The smallest absolute Gasteiger partial charge is 0.313 e. The van der Waals surface area contributed by atoms with Crippen LogP contribution in [0.1, 0.15) is 64.0 Å². The molecule has 0 spiro atoms. The first-order valence-corrected chi connectivity index (χ1v) is 12.9. The van der Waals surface area contributed by atoms with E-state index < -0.39 is 22.6 Å². The second-order valence-corrected chi connectivity index (χ2v) is 10.7. The lowest BCUT2D eigenvalue weighted by Gasteiger charge is -2.20. The maximum atomic E-state index is 12.8. The Balaban J connectivity index is 1.86. The summed E-state index contributed by atoms with van der Waals surface area (Å²) in [5.41, 5.74) is 1.57. The third-order valence-electron chi connectivity index (χ3n) is 4.95. The highest BCUT2D eigenvalue weighted by atomic mass is 32.2. The third kappa shape index (κ3) is 11.7. The van der Waals surface area contributed by atoms with E-state index in [1.807, 2.05) is 61.5 Å². The van der Waals surface area contributed by atoms with Crippen LogP contribution in [0, 0.1) is 6.92 Å². The Morgan fingerprint density at radius 3 is 2.32 bits per heavy atom. The number of nitrogens with one attached hydrogen (secondary N) is 1. The molecule has 0 radical (unpaired) electrons. The molecular weight excluding hydrogens is 450 g/mol. The monoisotopic (exact) mass is 487 g/mol. The lowest BCUT2D eigenvalue weighted by Crippen LogP contribution is -2.34. The molecule has 0 aliphatic heterocycles. The van der Waals surface area contributed by atoms with E-state index in [1.54, 1.807) is 20.8 Å². The summed E-state index contributed by atoms with van der Waals surface area (Å²) in [6.45, 7) is 8.44. The van der Waals surface area contributed by atoms with Gasteiger partial charge in [-0.3, -0.25) is 9.59 Å². The largest absolute Gasteiger partial charge is 0.460 e. The summed E-state index contributed by atoms with van der Waals surface area (Å²) in [7, 11) is -1.45. The molecule has 0 amide bonds. The van der Waals surface area contributed by atoms with E-state index in [0.29, 0.717) is 24.5 Å². The van der Waals surface area contributed by atoms with Gasteiger partial charge in [0.25, 0.3) is 0 Å². The summed E-state index contributed by atoms with van der Waals surface area (Å²) in [6.07, 6.45) is 2.10. The van der Waals surface area contributed by atoms with Crippen molar-refractivity contribution in [2.24, 2.45) is 0 Å². The molecule has 7 heteroatoms. The Hall–Kier alpha value is -2.35. The second-order valence-electron chi connectivity index (χ2n) is 9.44. The van der Waals surface area contributed by atoms with E-state index in [9.17, 15) is 13.8 Å². The summed E-state index contributed by atoms with van der Waals surface area (Å²) in [4.78, 5) is 25.2. The average molecular weight is 488 g/mol. The Kier molecular flexibility index (Phi) is 11.6. The fraction of sp³-hybridized carbons (Fsp3) is 0.481. The van der Waals surface area contributed by atoms with Crippen molar-refractivity contribution in [2.75, 3.05) is 6.61 Å². The first-order valence-electron chi connectivity index (χ1n) is 11.7. The Labute approximate surface area is 206 Å². The molecule has 0 aromatic heterocycles. The third-order valence-corrected chi connectivity index (χ3v) is 6.19. The van der Waals surface area contributed by atoms with Gasteiger partial charge in [-0.25, -0.2) is 8.93 Å². The molecule has 0 saturated carbocycles. The number of hydrogen-bond acceptors (Lipinski definition) is 5. The maximum absolute atomic E-state index is 12.8. The van der Waals surface area contributed by atoms with E-state index in [1.165, 1.54) is 0 Å². The lowest BCUT2D eigenvalue weighted by atomic mass is 10.0. The van der Waals surface area contributed by atoms with Gasteiger partial charge in [0, 0.05) is 19.1 Å². The number of aryl methyl sites for hydroxylation is 1. The standard InChI is InChI=1S/C27H37NO5S/c1-21-13-15-25(16-14-21)34(31)28-23(18-24(29)19-26(30)33-27(2,3)4)12-8-9-17-32-20-22-10-6-5-7-11-22/h5-7,10-11,13-16,23,28H,8-9,12,17-20H2,1-4H3/t23-,34?/m0/s1. The van der Waals surface area contributed by atoms with Crippen molar-refractivity contribution in [3.05, 3.63) is 65.7 Å². The molecule has 2 atom stereocenters. The van der Waals surface area contributed by atoms with Gasteiger partial charge in [-0.05, 0) is 64.7 Å². The van der Waals surface area contributed by atoms with E-state index in [0.717, 1.165) is 24.0 Å². The van der Waals surface area contributed by atoms with E-state index in [2.05, 4.69) is 4.72 Å². The minimum Gasteiger partial charge on any atom is -0.460 e. The fourth-order valence-corrected chi connectivity index (χ4v) is 4.35. The quantitative estimate of drug-likeness (QED) is 0.229. The molecule has 2 rings (SSSR count). The minimum absolute atomic E-state index is 0.113. The van der Waals surface area contributed by atoms with Gasteiger partial charge >= 0.3 is 5.97 Å². The number of carbonyl (C=O) groups excluding carboxylic acids is 2. The number of Topliss-reactive ketones (excluding diaryl/α,β-unsaturated/α-hetero) is 1. The van der Waals surface area contributed by atoms with Gasteiger partial charge < -0.3 is 9.47 Å². The molecule has 1 N–H and O–H groups in total. The topological polar surface area (TPSA) is 81.7 Å². The van der Waals surface area contributed by atoms with Crippen LogP contribution < -0.4 is 4.72 Å². The fourth-order valence-electron chi connectivity index (χ4n) is 3.33. The van der Waals surface area contributed by atoms with Crippen LogP contribution in [0.5, 0.6) is 0 Å². The molecule has 34 heavy (non-hydrogen) atoms. The second kappa shape index (κ2) is 14.1. The van der Waals surface area contributed by atoms with Crippen molar-refractivity contribution < 1.29 is 23.3 Å². The molecule has 2 aromatic carbocycles. The highest BCUT2D eigenvalue weighted by Crippen LogP contribution is 2.14. The Bertz CT molecular complexity index is 922. The molecule has 0 saturated heterocycles. The molecule has 186 valence electrons. The molecule has 0 heterocycles. The van der Waals surface area contributed by atoms with E-state index >= 15 is 0 Å². The van der Waals surface area contributed by atoms with Crippen LogP contribution in [0.25, 0.3) is 0 Å². The van der Waals surface area contributed by atoms with Gasteiger partial charge in [0.2, 0.25) is 0 Å². The first kappa shape index (κ1) is 27.9. The molecule has 1 unspecified atom stereocenters. The highest BCUT2D eigenvalue weighted by Gasteiger charge is 2.22. The molecule has 0 fully saturated rings. The van der Waals surface area contributed by atoms with E-state index in [-0.39, 0.29) is 24.7 Å². The predicted octanol–water partition coefficient (Wildman–Crippen LogP) is 5.05. The summed E-state index contributed by atoms with van der Waals surface area (Å²) < 4.78 is 26.9. The van der Waals surface area contributed by atoms with Crippen LogP contribution in [0.2, 0.25) is 0 Å². The van der Waals surface area contributed by atoms with Gasteiger partial charge in [0.05, 0.1) is 11.5 Å². The van der Waals surface area contributed by atoms with Gasteiger partial charge in [0.1, 0.15) is 28.8 Å². The molecule has 2 aromatic rings. The number of hydrogen-bond donors (Lipinski definition) is 1. The SMILES string of the molecule is Cc1ccc(S(=O)N[C@@H](CCCCOCc2ccccc2)CC(=O)CC(=O)OC(C)(C)C)cc1. The number of rotatable bonds is 14. The number of ketones is 1. The van der Waals surface area contributed by atoms with Crippen molar-refractivity contribution in [2.45, 2.75) is 82.9 Å². The number of carbonyl (C=O) groups is 2. The zero-order valence-electron chi connectivity index (χ0n) is 20.7. The first-order chi connectivity index (χ1) is 16.1. The van der Waals surface area contributed by atoms with Gasteiger partial charge in [-0.1, -0.05) is 48.0 Å². The predicted molar refractivity (Wildman–Crippen MR) is 135 cm³/mol.